The molecule has 0 atom stereocenters. The number of aromatic nitrogens is 3. The van der Waals surface area contributed by atoms with E-state index >= 15 is 0 Å². The van der Waals surface area contributed by atoms with Gasteiger partial charge in [0, 0.05) is 42.1 Å². The quantitative estimate of drug-likeness (QED) is 0.185. The Labute approximate surface area is 292 Å². The van der Waals surface area contributed by atoms with Gasteiger partial charge < -0.3 is 4.42 Å². The predicted octanol–water partition coefficient (Wildman–Crippen LogP) is 12.5. The molecule has 7 aromatic carbocycles. The third-order valence-corrected chi connectivity index (χ3v) is 10.5. The molecule has 5 heteroatoms. The zero-order chi connectivity index (χ0) is 33.0. The highest BCUT2D eigenvalue weighted by molar-refractivity contribution is 7.26. The van der Waals surface area contributed by atoms with Gasteiger partial charge in [-0.05, 0) is 58.7 Å². The summed E-state index contributed by atoms with van der Waals surface area (Å²) in [6, 6.07) is 56.9. The summed E-state index contributed by atoms with van der Waals surface area (Å²) in [7, 11) is 0. The van der Waals surface area contributed by atoms with Crippen molar-refractivity contribution in [3.05, 3.63) is 164 Å². The molecule has 0 saturated carbocycles. The zero-order valence-electron chi connectivity index (χ0n) is 26.7. The number of thiophene rings is 1. The summed E-state index contributed by atoms with van der Waals surface area (Å²) >= 11 is 1.79. The van der Waals surface area contributed by atoms with Gasteiger partial charge >= 0.3 is 0 Å². The molecule has 3 heterocycles. The second-order valence-electron chi connectivity index (χ2n) is 12.4. The Bertz CT molecular complexity index is 2870. The third kappa shape index (κ3) is 4.79. The van der Waals surface area contributed by atoms with E-state index in [1.54, 1.807) is 11.3 Å². The van der Waals surface area contributed by atoms with Gasteiger partial charge in [0.1, 0.15) is 11.2 Å². The fourth-order valence-electron chi connectivity index (χ4n) is 6.96. The van der Waals surface area contributed by atoms with E-state index in [1.165, 1.54) is 37.0 Å². The van der Waals surface area contributed by atoms with Crippen LogP contribution in [0.2, 0.25) is 0 Å². The predicted molar refractivity (Wildman–Crippen MR) is 207 cm³/mol. The first-order valence-corrected chi connectivity index (χ1v) is 17.4. The zero-order valence-corrected chi connectivity index (χ0v) is 27.6. The van der Waals surface area contributed by atoms with Crippen LogP contribution in [0.5, 0.6) is 0 Å². The maximum Gasteiger partial charge on any atom is 0.167 e. The van der Waals surface area contributed by atoms with E-state index in [4.69, 9.17) is 19.4 Å². The van der Waals surface area contributed by atoms with Crippen LogP contribution >= 0.6 is 11.3 Å². The Morgan fingerprint density at radius 3 is 1.82 bits per heavy atom. The largest absolute Gasteiger partial charge is 0.455 e. The van der Waals surface area contributed by atoms with Crippen molar-refractivity contribution in [1.82, 2.24) is 15.0 Å². The lowest BCUT2D eigenvalue weighted by molar-refractivity contribution is 0.669. The molecule has 0 aliphatic carbocycles. The van der Waals surface area contributed by atoms with Crippen LogP contribution in [0.4, 0.5) is 0 Å². The molecule has 0 radical (unpaired) electrons. The molecule has 0 fully saturated rings. The number of fused-ring (bicyclic) bond motifs is 6. The summed E-state index contributed by atoms with van der Waals surface area (Å²) in [5.74, 6) is 1.82. The van der Waals surface area contributed by atoms with Crippen molar-refractivity contribution < 1.29 is 4.42 Å². The van der Waals surface area contributed by atoms with E-state index in [0.29, 0.717) is 17.5 Å². The SMILES string of the molecule is c1ccc(-c2cccc(-c3ccc4sc5cccc(-c6nc(-c7ccccc7)nc(-c7cccc8c7oc7ccccc78)n6)c5c4c3)c2)cc1. The minimum atomic E-state index is 0.577. The highest BCUT2D eigenvalue weighted by atomic mass is 32.1. The molecule has 0 unspecified atom stereocenters. The normalized spacial score (nSPS) is 11.6. The van der Waals surface area contributed by atoms with E-state index < -0.39 is 0 Å². The summed E-state index contributed by atoms with van der Waals surface area (Å²) in [5.41, 5.74) is 9.10. The van der Waals surface area contributed by atoms with Crippen LogP contribution in [0.15, 0.2) is 168 Å². The number of para-hydroxylation sites is 2. The van der Waals surface area contributed by atoms with Crippen LogP contribution < -0.4 is 0 Å². The standard InChI is InChI=1S/C45H27N3OS/c1-3-12-28(13-4-1)30-16-9-17-31(26-30)32-24-25-39-37(27-32)41-35(20-11-23-40(41)50-39)44-46-43(29-14-5-2-6-15-29)47-45(48-44)36-21-10-19-34-33-18-7-8-22-38(33)49-42(34)36/h1-27H. The van der Waals surface area contributed by atoms with Crippen LogP contribution in [0.25, 0.3) is 98.5 Å². The van der Waals surface area contributed by atoms with E-state index in [1.807, 2.05) is 60.7 Å². The summed E-state index contributed by atoms with van der Waals surface area (Å²) in [6.45, 7) is 0. The van der Waals surface area contributed by atoms with Crippen molar-refractivity contribution in [2.45, 2.75) is 0 Å². The van der Waals surface area contributed by atoms with Crippen LogP contribution in [0.1, 0.15) is 0 Å². The average molecular weight is 658 g/mol. The number of hydrogen-bond donors (Lipinski definition) is 0. The summed E-state index contributed by atoms with van der Waals surface area (Å²) in [5, 5.41) is 4.44. The lowest BCUT2D eigenvalue weighted by Crippen LogP contribution is -2.00. The Kier molecular flexibility index (Phi) is 6.64. The molecule has 234 valence electrons. The molecule has 0 bridgehead atoms. The minimum absolute atomic E-state index is 0.577. The lowest BCUT2D eigenvalue weighted by Gasteiger charge is -2.10. The van der Waals surface area contributed by atoms with Gasteiger partial charge in [0.25, 0.3) is 0 Å². The molecule has 0 N–H and O–H groups in total. The van der Waals surface area contributed by atoms with Crippen molar-refractivity contribution in [2.24, 2.45) is 0 Å². The van der Waals surface area contributed by atoms with Gasteiger partial charge in [0.2, 0.25) is 0 Å². The second kappa shape index (κ2) is 11.6. The molecule has 10 aromatic rings. The Balaban J connectivity index is 1.18. The molecule has 10 rings (SSSR count). The Morgan fingerprint density at radius 1 is 0.380 bits per heavy atom. The van der Waals surface area contributed by atoms with Crippen molar-refractivity contribution >= 4 is 53.4 Å². The van der Waals surface area contributed by atoms with Gasteiger partial charge in [-0.1, -0.05) is 127 Å². The van der Waals surface area contributed by atoms with Gasteiger partial charge in [-0.25, -0.2) is 15.0 Å². The molecule has 0 saturated heterocycles. The van der Waals surface area contributed by atoms with Crippen LogP contribution in [0.3, 0.4) is 0 Å². The highest BCUT2D eigenvalue weighted by Crippen LogP contribution is 2.42. The van der Waals surface area contributed by atoms with Gasteiger partial charge in [-0.3, -0.25) is 0 Å². The van der Waals surface area contributed by atoms with Crippen LogP contribution in [-0.2, 0) is 0 Å². The van der Waals surface area contributed by atoms with Gasteiger partial charge in [0.05, 0.1) is 5.56 Å². The topological polar surface area (TPSA) is 51.8 Å². The number of nitrogens with zero attached hydrogens (tertiary/aromatic N) is 3. The fraction of sp³-hybridized carbons (Fsp3) is 0. The Hall–Kier alpha value is -6.43. The number of furan rings is 1. The number of rotatable bonds is 5. The highest BCUT2D eigenvalue weighted by Gasteiger charge is 2.20. The first kappa shape index (κ1) is 28.6. The monoisotopic (exact) mass is 657 g/mol. The van der Waals surface area contributed by atoms with Gasteiger partial charge in [-0.2, -0.15) is 0 Å². The molecule has 50 heavy (non-hydrogen) atoms. The summed E-state index contributed by atoms with van der Waals surface area (Å²) in [4.78, 5) is 15.4. The molecular formula is C45H27N3OS. The number of hydrogen-bond acceptors (Lipinski definition) is 5. The smallest absolute Gasteiger partial charge is 0.167 e. The molecule has 4 nitrogen and oxygen atoms in total. The molecule has 0 spiro atoms. The Morgan fingerprint density at radius 2 is 0.980 bits per heavy atom. The van der Waals surface area contributed by atoms with E-state index in [0.717, 1.165) is 44.0 Å². The van der Waals surface area contributed by atoms with Crippen molar-refractivity contribution in [2.75, 3.05) is 0 Å². The summed E-state index contributed by atoms with van der Waals surface area (Å²) < 4.78 is 8.85. The van der Waals surface area contributed by atoms with Crippen LogP contribution in [-0.4, -0.2) is 15.0 Å². The van der Waals surface area contributed by atoms with Crippen molar-refractivity contribution in [3.8, 4) is 56.4 Å². The molecule has 3 aromatic heterocycles. The fourth-order valence-corrected chi connectivity index (χ4v) is 8.07. The van der Waals surface area contributed by atoms with Crippen LogP contribution in [0, 0.1) is 0 Å². The molecular weight excluding hydrogens is 631 g/mol. The minimum Gasteiger partial charge on any atom is -0.455 e. The molecule has 0 aliphatic heterocycles. The first-order valence-electron chi connectivity index (χ1n) is 16.6. The van der Waals surface area contributed by atoms with Crippen molar-refractivity contribution in [1.29, 1.82) is 0 Å². The maximum absolute atomic E-state index is 6.44. The summed E-state index contributed by atoms with van der Waals surface area (Å²) in [6.07, 6.45) is 0. The third-order valence-electron chi connectivity index (χ3n) is 9.35. The van der Waals surface area contributed by atoms with E-state index in [2.05, 4.69) is 103 Å². The average Bonchev–Trinajstić information content (AvgIpc) is 3.77. The van der Waals surface area contributed by atoms with E-state index in [-0.39, 0.29) is 0 Å². The lowest BCUT2D eigenvalue weighted by atomic mass is 9.97. The maximum atomic E-state index is 6.44. The van der Waals surface area contributed by atoms with Gasteiger partial charge in [-0.15, -0.1) is 11.3 Å². The first-order chi connectivity index (χ1) is 24.8. The second-order valence-corrected chi connectivity index (χ2v) is 13.5. The van der Waals surface area contributed by atoms with Crippen molar-refractivity contribution in [3.63, 3.8) is 0 Å². The molecule has 0 aliphatic rings. The number of benzene rings is 7. The van der Waals surface area contributed by atoms with Gasteiger partial charge in [0.15, 0.2) is 17.5 Å². The molecule has 0 amide bonds. The van der Waals surface area contributed by atoms with E-state index in [9.17, 15) is 0 Å².